The van der Waals surface area contributed by atoms with Gasteiger partial charge < -0.3 is 10.6 Å². The Labute approximate surface area is 130 Å². The van der Waals surface area contributed by atoms with E-state index in [9.17, 15) is 13.2 Å². The Kier molecular flexibility index (Phi) is 4.53. The molecule has 2 aromatic rings. The van der Waals surface area contributed by atoms with E-state index in [0.717, 1.165) is 11.6 Å². The maximum Gasteiger partial charge on any atom is 0.417 e. The zero-order chi connectivity index (χ0) is 15.6. The van der Waals surface area contributed by atoms with E-state index in [1.54, 1.807) is 11.3 Å². The smallest absolute Gasteiger partial charge is 0.389 e. The van der Waals surface area contributed by atoms with Crippen molar-refractivity contribution in [3.05, 3.63) is 51.7 Å². The number of rotatable bonds is 4. The molecule has 1 heterocycles. The number of thiophene rings is 1. The summed E-state index contributed by atoms with van der Waals surface area (Å²) in [6.45, 7) is 0.603. The summed E-state index contributed by atoms with van der Waals surface area (Å²) >= 11 is 6.32. The summed E-state index contributed by atoms with van der Waals surface area (Å²) in [5, 5.41) is 3.95. The van der Waals surface area contributed by atoms with Crippen molar-refractivity contribution in [1.29, 1.82) is 0 Å². The van der Waals surface area contributed by atoms with Crippen LogP contribution in [0.4, 0.5) is 18.9 Å². The third-order valence-electron chi connectivity index (χ3n) is 3.01. The SMILES string of the molecule is CN(Cc1ccsc1)c1ccc(C(F)(F)F)c(C(N)=S)c1. The van der Waals surface area contributed by atoms with Crippen molar-refractivity contribution in [3.8, 4) is 0 Å². The minimum atomic E-state index is -4.47. The third kappa shape index (κ3) is 3.74. The van der Waals surface area contributed by atoms with E-state index >= 15 is 0 Å². The Balaban J connectivity index is 2.33. The van der Waals surface area contributed by atoms with Gasteiger partial charge in [0.25, 0.3) is 0 Å². The molecule has 0 unspecified atom stereocenters. The molecule has 112 valence electrons. The van der Waals surface area contributed by atoms with Crippen LogP contribution in [-0.2, 0) is 12.7 Å². The first-order valence-corrected chi connectivity index (χ1v) is 7.37. The predicted molar refractivity (Wildman–Crippen MR) is 83.8 cm³/mol. The van der Waals surface area contributed by atoms with E-state index in [-0.39, 0.29) is 10.6 Å². The summed E-state index contributed by atoms with van der Waals surface area (Å²) in [4.78, 5) is 1.59. The van der Waals surface area contributed by atoms with E-state index < -0.39 is 11.7 Å². The summed E-state index contributed by atoms with van der Waals surface area (Å²) in [6, 6.07) is 5.81. The molecular weight excluding hydrogens is 317 g/mol. The predicted octanol–water partition coefficient (Wildman–Crippen LogP) is 4.04. The first kappa shape index (κ1) is 15.8. The lowest BCUT2D eigenvalue weighted by atomic mass is 10.1. The largest absolute Gasteiger partial charge is 0.417 e. The van der Waals surface area contributed by atoms with Gasteiger partial charge in [-0.25, -0.2) is 0 Å². The Hall–Kier alpha value is -1.60. The van der Waals surface area contributed by atoms with Crippen molar-refractivity contribution < 1.29 is 13.2 Å². The van der Waals surface area contributed by atoms with Crippen LogP contribution in [0.2, 0.25) is 0 Å². The van der Waals surface area contributed by atoms with Gasteiger partial charge >= 0.3 is 6.18 Å². The monoisotopic (exact) mass is 330 g/mol. The molecule has 0 aliphatic rings. The minimum Gasteiger partial charge on any atom is -0.389 e. The van der Waals surface area contributed by atoms with Gasteiger partial charge in [-0.3, -0.25) is 0 Å². The zero-order valence-corrected chi connectivity index (χ0v) is 12.8. The van der Waals surface area contributed by atoms with Crippen LogP contribution in [-0.4, -0.2) is 12.0 Å². The van der Waals surface area contributed by atoms with Gasteiger partial charge in [0, 0.05) is 24.8 Å². The van der Waals surface area contributed by atoms with Crippen LogP contribution < -0.4 is 10.6 Å². The summed E-state index contributed by atoms with van der Waals surface area (Å²) in [5.74, 6) is 0. The Morgan fingerprint density at radius 1 is 1.33 bits per heavy atom. The van der Waals surface area contributed by atoms with Crippen LogP contribution in [0, 0.1) is 0 Å². The van der Waals surface area contributed by atoms with Gasteiger partial charge in [-0.1, -0.05) is 12.2 Å². The number of hydrogen-bond acceptors (Lipinski definition) is 3. The maximum atomic E-state index is 12.9. The van der Waals surface area contributed by atoms with Crippen LogP contribution in [0.25, 0.3) is 0 Å². The minimum absolute atomic E-state index is 0.146. The molecule has 0 radical (unpaired) electrons. The highest BCUT2D eigenvalue weighted by Gasteiger charge is 2.34. The fourth-order valence-corrected chi connectivity index (χ4v) is 2.80. The molecule has 0 atom stereocenters. The molecule has 2 N–H and O–H groups in total. The molecule has 0 saturated carbocycles. The van der Waals surface area contributed by atoms with Crippen molar-refractivity contribution >= 4 is 34.2 Å². The van der Waals surface area contributed by atoms with Crippen LogP contribution in [0.15, 0.2) is 35.0 Å². The molecule has 0 saturated heterocycles. The lowest BCUT2D eigenvalue weighted by molar-refractivity contribution is -0.137. The lowest BCUT2D eigenvalue weighted by Gasteiger charge is -2.21. The van der Waals surface area contributed by atoms with E-state index in [1.807, 2.05) is 28.8 Å². The van der Waals surface area contributed by atoms with Crippen LogP contribution in [0.1, 0.15) is 16.7 Å². The number of nitrogens with two attached hydrogens (primary N) is 1. The van der Waals surface area contributed by atoms with E-state index in [2.05, 4.69) is 0 Å². The lowest BCUT2D eigenvalue weighted by Crippen LogP contribution is -2.21. The zero-order valence-electron chi connectivity index (χ0n) is 11.1. The molecular formula is C14H13F3N2S2. The number of hydrogen-bond donors (Lipinski definition) is 1. The van der Waals surface area contributed by atoms with Crippen molar-refractivity contribution in [1.82, 2.24) is 0 Å². The maximum absolute atomic E-state index is 12.9. The molecule has 1 aromatic carbocycles. The van der Waals surface area contributed by atoms with Crippen LogP contribution in [0.5, 0.6) is 0 Å². The average molecular weight is 330 g/mol. The first-order valence-electron chi connectivity index (χ1n) is 6.02. The molecule has 2 nitrogen and oxygen atoms in total. The van der Waals surface area contributed by atoms with Crippen LogP contribution >= 0.6 is 23.6 Å². The fraction of sp³-hybridized carbons (Fsp3) is 0.214. The second-order valence-corrected chi connectivity index (χ2v) is 5.80. The number of halogens is 3. The molecule has 0 fully saturated rings. The van der Waals surface area contributed by atoms with Crippen molar-refractivity contribution in [3.63, 3.8) is 0 Å². The van der Waals surface area contributed by atoms with Gasteiger partial charge in [-0.05, 0) is 40.6 Å². The Bertz CT molecular complexity index is 636. The van der Waals surface area contributed by atoms with Crippen molar-refractivity contribution in [2.45, 2.75) is 12.7 Å². The average Bonchev–Trinajstić information content (AvgIpc) is 2.89. The molecule has 0 spiro atoms. The fourth-order valence-electron chi connectivity index (χ4n) is 1.97. The van der Waals surface area contributed by atoms with Crippen molar-refractivity contribution in [2.75, 3.05) is 11.9 Å². The highest BCUT2D eigenvalue weighted by Crippen LogP contribution is 2.34. The number of nitrogens with zero attached hydrogens (tertiary/aromatic N) is 1. The number of thiocarbonyl (C=S) groups is 1. The Morgan fingerprint density at radius 2 is 2.05 bits per heavy atom. The van der Waals surface area contributed by atoms with Gasteiger partial charge in [0.1, 0.15) is 4.99 Å². The first-order chi connectivity index (χ1) is 9.79. The van der Waals surface area contributed by atoms with E-state index in [4.69, 9.17) is 18.0 Å². The van der Waals surface area contributed by atoms with Gasteiger partial charge in [0.05, 0.1) is 5.56 Å². The quantitative estimate of drug-likeness (QED) is 0.858. The number of benzene rings is 1. The molecule has 0 aliphatic heterocycles. The molecule has 2 rings (SSSR count). The molecule has 0 bridgehead atoms. The van der Waals surface area contributed by atoms with Gasteiger partial charge in [0.15, 0.2) is 0 Å². The summed E-state index contributed by atoms with van der Waals surface area (Å²) < 4.78 is 38.8. The van der Waals surface area contributed by atoms with Crippen molar-refractivity contribution in [2.24, 2.45) is 5.73 Å². The third-order valence-corrected chi connectivity index (χ3v) is 3.97. The highest BCUT2D eigenvalue weighted by atomic mass is 32.1. The molecule has 1 aromatic heterocycles. The highest BCUT2D eigenvalue weighted by molar-refractivity contribution is 7.80. The number of alkyl halides is 3. The topological polar surface area (TPSA) is 29.3 Å². The normalized spacial score (nSPS) is 11.4. The summed E-state index contributed by atoms with van der Waals surface area (Å²) in [7, 11) is 1.81. The van der Waals surface area contributed by atoms with E-state index in [0.29, 0.717) is 12.2 Å². The van der Waals surface area contributed by atoms with E-state index in [1.165, 1.54) is 12.1 Å². The molecule has 0 aliphatic carbocycles. The molecule has 0 amide bonds. The molecule has 7 heteroatoms. The van der Waals surface area contributed by atoms with Gasteiger partial charge in [0.2, 0.25) is 0 Å². The number of anilines is 1. The van der Waals surface area contributed by atoms with Crippen LogP contribution in [0.3, 0.4) is 0 Å². The summed E-state index contributed by atoms with van der Waals surface area (Å²) in [6.07, 6.45) is -4.47. The molecule has 21 heavy (non-hydrogen) atoms. The van der Waals surface area contributed by atoms with Gasteiger partial charge in [-0.15, -0.1) is 0 Å². The second-order valence-electron chi connectivity index (χ2n) is 4.58. The van der Waals surface area contributed by atoms with Gasteiger partial charge in [-0.2, -0.15) is 24.5 Å². The standard InChI is InChI=1S/C14H13F3N2S2/c1-19(7-9-4-5-21-8-9)10-2-3-12(14(15,16)17)11(6-10)13(18)20/h2-6,8H,7H2,1H3,(H2,18,20). The second kappa shape index (κ2) is 6.03. The Morgan fingerprint density at radius 3 is 2.57 bits per heavy atom. The summed E-state index contributed by atoms with van der Waals surface area (Å²) in [5.41, 5.74) is 6.21.